The highest BCUT2D eigenvalue weighted by atomic mass is 32.2. The number of fused-ring (bicyclic) bond motifs is 1. The highest BCUT2D eigenvalue weighted by Gasteiger charge is 2.27. The first-order valence-corrected chi connectivity index (χ1v) is 13.4. The fraction of sp³-hybridized carbons (Fsp3) is 0.375. The van der Waals surface area contributed by atoms with E-state index in [9.17, 15) is 18.0 Å². The van der Waals surface area contributed by atoms with Gasteiger partial charge < -0.3 is 9.30 Å². The third-order valence-electron chi connectivity index (χ3n) is 5.89. The Hall–Kier alpha value is -2.82. The maximum atomic E-state index is 13.0. The zero-order chi connectivity index (χ0) is 24.5. The number of sulfonamides is 1. The maximum absolute atomic E-state index is 13.0. The van der Waals surface area contributed by atoms with Gasteiger partial charge in [0, 0.05) is 18.7 Å². The van der Waals surface area contributed by atoms with Gasteiger partial charge in [-0.3, -0.25) is 9.59 Å². The summed E-state index contributed by atoms with van der Waals surface area (Å²) in [7, 11) is -3.55. The van der Waals surface area contributed by atoms with Crippen molar-refractivity contribution in [1.82, 2.24) is 8.87 Å². The molecule has 0 bridgehead atoms. The van der Waals surface area contributed by atoms with Crippen LogP contribution in [0.5, 0.6) is 0 Å². The van der Waals surface area contributed by atoms with Gasteiger partial charge in [-0.1, -0.05) is 11.3 Å². The molecule has 1 saturated heterocycles. The van der Waals surface area contributed by atoms with Crippen molar-refractivity contribution in [1.29, 1.82) is 0 Å². The molecule has 3 aromatic rings. The van der Waals surface area contributed by atoms with Crippen LogP contribution in [0.4, 0.5) is 0 Å². The molecule has 1 aliphatic rings. The maximum Gasteiger partial charge on any atom is 0.326 e. The number of thiazole rings is 1. The molecule has 34 heavy (non-hydrogen) atoms. The molecule has 0 spiro atoms. The van der Waals surface area contributed by atoms with Gasteiger partial charge in [-0.05, 0) is 81.1 Å². The van der Waals surface area contributed by atoms with Crippen molar-refractivity contribution in [3.63, 3.8) is 0 Å². The van der Waals surface area contributed by atoms with E-state index < -0.39 is 21.9 Å². The number of rotatable bonds is 6. The number of amides is 1. The zero-order valence-corrected chi connectivity index (χ0v) is 21.0. The Morgan fingerprint density at radius 3 is 2.35 bits per heavy atom. The first-order chi connectivity index (χ1) is 16.2. The van der Waals surface area contributed by atoms with E-state index in [-0.39, 0.29) is 23.6 Å². The second kappa shape index (κ2) is 9.81. The minimum absolute atomic E-state index is 0.0600. The monoisotopic (exact) mass is 501 g/mol. The molecular formula is C24H27N3O5S2. The molecular weight excluding hydrogens is 474 g/mol. The van der Waals surface area contributed by atoms with E-state index in [1.165, 1.54) is 39.9 Å². The molecule has 1 aromatic heterocycles. The number of hydrogen-bond donors (Lipinski definition) is 0. The van der Waals surface area contributed by atoms with E-state index in [4.69, 9.17) is 4.74 Å². The summed E-state index contributed by atoms with van der Waals surface area (Å²) in [5, 5.41) is 0. The van der Waals surface area contributed by atoms with E-state index in [1.807, 2.05) is 26.0 Å². The van der Waals surface area contributed by atoms with Crippen LogP contribution in [-0.4, -0.2) is 48.9 Å². The number of benzene rings is 2. The Balaban J connectivity index is 1.70. The van der Waals surface area contributed by atoms with Gasteiger partial charge in [-0.15, -0.1) is 0 Å². The summed E-state index contributed by atoms with van der Waals surface area (Å²) in [5.41, 5.74) is 3.24. The van der Waals surface area contributed by atoms with Crippen LogP contribution in [0.3, 0.4) is 0 Å². The first kappa shape index (κ1) is 24.3. The van der Waals surface area contributed by atoms with Gasteiger partial charge in [-0.25, -0.2) is 8.42 Å². The summed E-state index contributed by atoms with van der Waals surface area (Å²) in [4.78, 5) is 30.0. The Kier molecular flexibility index (Phi) is 7.01. The van der Waals surface area contributed by atoms with Crippen LogP contribution in [-0.2, 0) is 26.1 Å². The SMILES string of the molecule is CCOC(=O)Cn1c(=NC(=O)c2ccc(S(=O)(=O)N3CCCC3)cc2)sc2cc(C)c(C)cc21. The molecule has 0 N–H and O–H groups in total. The van der Waals surface area contributed by atoms with Crippen LogP contribution < -0.4 is 4.80 Å². The van der Waals surface area contributed by atoms with Crippen LogP contribution in [0.1, 0.15) is 41.3 Å². The van der Waals surface area contributed by atoms with Crippen LogP contribution in [0.15, 0.2) is 46.3 Å². The standard InChI is InChI=1S/C24H27N3O5S2/c1-4-32-22(28)15-27-20-13-16(2)17(3)14-21(20)33-24(27)25-23(29)18-7-9-19(10-8-18)34(30,31)26-11-5-6-12-26/h7-10,13-14H,4-6,11-12,15H2,1-3H3. The van der Waals surface area contributed by atoms with Gasteiger partial charge >= 0.3 is 5.97 Å². The van der Waals surface area contributed by atoms with E-state index >= 15 is 0 Å². The normalized spacial score (nSPS) is 15.2. The third-order valence-corrected chi connectivity index (χ3v) is 8.85. The largest absolute Gasteiger partial charge is 0.465 e. The molecule has 2 aromatic carbocycles. The molecule has 8 nitrogen and oxygen atoms in total. The highest BCUT2D eigenvalue weighted by Crippen LogP contribution is 2.23. The van der Waals surface area contributed by atoms with E-state index in [0.29, 0.717) is 17.9 Å². The molecule has 0 saturated carbocycles. The summed E-state index contributed by atoms with van der Waals surface area (Å²) in [6.07, 6.45) is 1.71. The molecule has 1 amide bonds. The number of ether oxygens (including phenoxy) is 1. The molecule has 10 heteroatoms. The summed E-state index contributed by atoms with van der Waals surface area (Å²) < 4.78 is 34.6. The predicted octanol–water partition coefficient (Wildman–Crippen LogP) is 3.41. The third kappa shape index (κ3) is 4.84. The zero-order valence-electron chi connectivity index (χ0n) is 19.4. The van der Waals surface area contributed by atoms with Crippen LogP contribution in [0.25, 0.3) is 10.2 Å². The summed E-state index contributed by atoms with van der Waals surface area (Å²) in [5.74, 6) is -0.923. The van der Waals surface area contributed by atoms with Gasteiger partial charge in [0.05, 0.1) is 21.7 Å². The Morgan fingerprint density at radius 1 is 1.06 bits per heavy atom. The fourth-order valence-corrected chi connectivity index (χ4v) is 6.52. The van der Waals surface area contributed by atoms with Gasteiger partial charge in [0.15, 0.2) is 4.80 Å². The van der Waals surface area contributed by atoms with E-state index in [1.54, 1.807) is 11.5 Å². The predicted molar refractivity (Wildman–Crippen MR) is 130 cm³/mol. The van der Waals surface area contributed by atoms with Crippen molar-refractivity contribution in [3.05, 3.63) is 57.9 Å². The molecule has 0 aliphatic carbocycles. The molecule has 4 rings (SSSR count). The van der Waals surface area contributed by atoms with Crippen molar-refractivity contribution in [2.75, 3.05) is 19.7 Å². The van der Waals surface area contributed by atoms with Gasteiger partial charge in [0.1, 0.15) is 6.54 Å². The Bertz CT molecular complexity index is 1410. The smallest absolute Gasteiger partial charge is 0.326 e. The fourth-order valence-electron chi connectivity index (χ4n) is 3.89. The number of nitrogens with zero attached hydrogens (tertiary/aromatic N) is 3. The number of esters is 1. The summed E-state index contributed by atoms with van der Waals surface area (Å²) in [6, 6.07) is 9.83. The van der Waals surface area contributed by atoms with Crippen LogP contribution in [0, 0.1) is 13.8 Å². The van der Waals surface area contributed by atoms with E-state index in [0.717, 1.165) is 34.2 Å². The molecule has 180 valence electrons. The summed E-state index contributed by atoms with van der Waals surface area (Å²) >= 11 is 1.32. The number of carbonyl (C=O) groups is 2. The average Bonchev–Trinajstić information content (AvgIpc) is 3.45. The minimum Gasteiger partial charge on any atom is -0.465 e. The van der Waals surface area contributed by atoms with Crippen molar-refractivity contribution in [2.24, 2.45) is 4.99 Å². The number of hydrogen-bond acceptors (Lipinski definition) is 6. The minimum atomic E-state index is -3.55. The Morgan fingerprint density at radius 2 is 1.71 bits per heavy atom. The molecule has 0 radical (unpaired) electrons. The van der Waals surface area contributed by atoms with Crippen LogP contribution >= 0.6 is 11.3 Å². The Labute approximate surface area is 202 Å². The van der Waals surface area contributed by atoms with Crippen LogP contribution in [0.2, 0.25) is 0 Å². The number of aryl methyl sites for hydroxylation is 2. The molecule has 1 aliphatic heterocycles. The quantitative estimate of drug-likeness (QED) is 0.482. The summed E-state index contributed by atoms with van der Waals surface area (Å²) in [6.45, 7) is 6.97. The first-order valence-electron chi connectivity index (χ1n) is 11.2. The van der Waals surface area contributed by atoms with Crippen molar-refractivity contribution in [3.8, 4) is 0 Å². The van der Waals surface area contributed by atoms with Crippen molar-refractivity contribution < 1.29 is 22.7 Å². The number of carbonyl (C=O) groups excluding carboxylic acids is 2. The van der Waals surface area contributed by atoms with Crippen molar-refractivity contribution >= 4 is 43.5 Å². The second-order valence-corrected chi connectivity index (χ2v) is 11.2. The van der Waals surface area contributed by atoms with Gasteiger partial charge in [-0.2, -0.15) is 9.30 Å². The lowest BCUT2D eigenvalue weighted by Gasteiger charge is -2.15. The highest BCUT2D eigenvalue weighted by molar-refractivity contribution is 7.89. The number of aromatic nitrogens is 1. The lowest BCUT2D eigenvalue weighted by Crippen LogP contribution is -2.27. The second-order valence-electron chi connectivity index (χ2n) is 8.23. The lowest BCUT2D eigenvalue weighted by molar-refractivity contribution is -0.143. The molecule has 0 atom stereocenters. The van der Waals surface area contributed by atoms with Gasteiger partial charge in [0.25, 0.3) is 5.91 Å². The molecule has 1 fully saturated rings. The molecule has 0 unspecified atom stereocenters. The van der Waals surface area contributed by atoms with Gasteiger partial charge in [0.2, 0.25) is 10.0 Å². The molecule has 2 heterocycles. The lowest BCUT2D eigenvalue weighted by atomic mass is 10.1. The topological polar surface area (TPSA) is 98.0 Å². The average molecular weight is 502 g/mol. The van der Waals surface area contributed by atoms with E-state index in [2.05, 4.69) is 4.99 Å². The van der Waals surface area contributed by atoms with Crippen molar-refractivity contribution in [2.45, 2.75) is 45.1 Å².